The van der Waals surface area contributed by atoms with Crippen molar-refractivity contribution in [2.45, 2.75) is 90.1 Å². The zero-order chi connectivity index (χ0) is 33.4. The number of phenols is 1. The molecule has 47 heavy (non-hydrogen) atoms. The van der Waals surface area contributed by atoms with Crippen molar-refractivity contribution >= 4 is 17.6 Å². The van der Waals surface area contributed by atoms with E-state index in [0.29, 0.717) is 18.6 Å². The first-order chi connectivity index (χ1) is 22.8. The molecule has 0 aromatic heterocycles. The lowest BCUT2D eigenvalue weighted by Crippen LogP contribution is -2.35. The SMILES string of the molecule is CCCCCCCC(=O)CC(=O)C=Cc1cc(OC)c(O)cc1CC1=CNC(N)C=C1CCc1cccc(CCc2ccccc2)c1. The number of methoxy groups -OCH3 is 1. The van der Waals surface area contributed by atoms with E-state index in [-0.39, 0.29) is 29.9 Å². The summed E-state index contributed by atoms with van der Waals surface area (Å²) in [5.74, 6) is 0.108. The number of aryl methyl sites for hydroxylation is 3. The highest BCUT2D eigenvalue weighted by molar-refractivity contribution is 6.06. The second-order valence-corrected chi connectivity index (χ2v) is 12.4. The number of hydrogen-bond donors (Lipinski definition) is 3. The summed E-state index contributed by atoms with van der Waals surface area (Å²) in [4.78, 5) is 25.1. The molecule has 3 aromatic carbocycles. The first kappa shape index (κ1) is 35.4. The maximum absolute atomic E-state index is 12.7. The quantitative estimate of drug-likeness (QED) is 0.0703. The number of hydrogen-bond acceptors (Lipinski definition) is 6. The van der Waals surface area contributed by atoms with Crippen LogP contribution >= 0.6 is 0 Å². The summed E-state index contributed by atoms with van der Waals surface area (Å²) in [6.45, 7) is 2.16. The number of ketones is 2. The first-order valence-corrected chi connectivity index (χ1v) is 17.0. The molecule has 0 amide bonds. The third kappa shape index (κ3) is 11.7. The number of nitrogens with one attached hydrogen (secondary N) is 1. The molecule has 0 saturated carbocycles. The number of ether oxygens (including phenoxy) is 1. The minimum Gasteiger partial charge on any atom is -0.504 e. The second kappa shape index (κ2) is 18.7. The van der Waals surface area contributed by atoms with Gasteiger partial charge in [0.25, 0.3) is 0 Å². The molecule has 6 heteroatoms. The van der Waals surface area contributed by atoms with Gasteiger partial charge < -0.3 is 20.9 Å². The summed E-state index contributed by atoms with van der Waals surface area (Å²) in [5, 5.41) is 13.9. The van der Waals surface area contributed by atoms with Crippen molar-refractivity contribution in [2.75, 3.05) is 7.11 Å². The predicted molar refractivity (Wildman–Crippen MR) is 191 cm³/mol. The van der Waals surface area contributed by atoms with Crippen molar-refractivity contribution in [3.63, 3.8) is 0 Å². The molecule has 0 spiro atoms. The van der Waals surface area contributed by atoms with Crippen LogP contribution in [-0.2, 0) is 35.3 Å². The van der Waals surface area contributed by atoms with Gasteiger partial charge in [0, 0.05) is 12.6 Å². The Balaban J connectivity index is 1.41. The smallest absolute Gasteiger partial charge is 0.163 e. The van der Waals surface area contributed by atoms with E-state index >= 15 is 0 Å². The van der Waals surface area contributed by atoms with Crippen LogP contribution < -0.4 is 15.8 Å². The normalized spacial score (nSPS) is 14.4. The zero-order valence-electron chi connectivity index (χ0n) is 28.0. The molecule has 0 aliphatic carbocycles. The van der Waals surface area contributed by atoms with Gasteiger partial charge in [0.1, 0.15) is 5.78 Å². The highest BCUT2D eigenvalue weighted by Crippen LogP contribution is 2.33. The van der Waals surface area contributed by atoms with Crippen molar-refractivity contribution in [2.24, 2.45) is 5.73 Å². The van der Waals surface area contributed by atoms with Gasteiger partial charge in [0.05, 0.1) is 19.7 Å². The number of benzene rings is 3. The highest BCUT2D eigenvalue weighted by Gasteiger charge is 2.17. The number of dihydropyridines is 1. The van der Waals surface area contributed by atoms with E-state index in [9.17, 15) is 14.7 Å². The van der Waals surface area contributed by atoms with Crippen molar-refractivity contribution in [3.05, 3.63) is 124 Å². The number of carbonyl (C=O) groups is 2. The molecule has 3 aromatic rings. The van der Waals surface area contributed by atoms with Gasteiger partial charge >= 0.3 is 0 Å². The number of phenolic OH excluding ortho intramolecular Hbond substituents is 1. The molecule has 0 fully saturated rings. The van der Waals surface area contributed by atoms with E-state index in [1.165, 1.54) is 36.3 Å². The third-order valence-electron chi connectivity index (χ3n) is 8.66. The summed E-state index contributed by atoms with van der Waals surface area (Å²) in [5.41, 5.74) is 14.0. The summed E-state index contributed by atoms with van der Waals surface area (Å²) >= 11 is 0. The maximum Gasteiger partial charge on any atom is 0.163 e. The van der Waals surface area contributed by atoms with Crippen molar-refractivity contribution in [1.29, 1.82) is 0 Å². The van der Waals surface area contributed by atoms with E-state index in [1.54, 1.807) is 18.2 Å². The largest absolute Gasteiger partial charge is 0.504 e. The van der Waals surface area contributed by atoms with Crippen LogP contribution in [0.4, 0.5) is 0 Å². The second-order valence-electron chi connectivity index (χ2n) is 12.4. The third-order valence-corrected chi connectivity index (χ3v) is 8.66. The summed E-state index contributed by atoms with van der Waals surface area (Å²) in [6, 6.07) is 22.8. The lowest BCUT2D eigenvalue weighted by Gasteiger charge is -2.22. The summed E-state index contributed by atoms with van der Waals surface area (Å²) in [7, 11) is 1.50. The van der Waals surface area contributed by atoms with Gasteiger partial charge in [-0.25, -0.2) is 0 Å². The van der Waals surface area contributed by atoms with Gasteiger partial charge in [-0.1, -0.05) is 93.3 Å². The molecule has 248 valence electrons. The fraction of sp³-hybridized carbons (Fsp3) is 0.366. The van der Waals surface area contributed by atoms with Crippen molar-refractivity contribution < 1.29 is 19.4 Å². The average molecular weight is 635 g/mol. The number of nitrogens with two attached hydrogens (primary N) is 1. The van der Waals surface area contributed by atoms with Gasteiger partial charge in [-0.2, -0.15) is 0 Å². The Kier molecular flexibility index (Phi) is 14.1. The maximum atomic E-state index is 12.7. The number of allylic oxidation sites excluding steroid dienone is 3. The molecule has 1 unspecified atom stereocenters. The topological polar surface area (TPSA) is 102 Å². The molecule has 0 radical (unpaired) electrons. The zero-order valence-corrected chi connectivity index (χ0v) is 28.0. The van der Waals surface area contributed by atoms with E-state index in [0.717, 1.165) is 73.6 Å². The van der Waals surface area contributed by atoms with E-state index in [1.807, 2.05) is 12.3 Å². The fourth-order valence-corrected chi connectivity index (χ4v) is 5.98. The monoisotopic (exact) mass is 634 g/mol. The minimum atomic E-state index is -0.281. The lowest BCUT2D eigenvalue weighted by atomic mass is 9.89. The standard InChI is InChI=1S/C41H50N2O4/c1-3-4-5-6-10-16-37(44)28-38(45)22-21-33-26-40(47-2)39(46)25-35(33)24-36-29-43-41(42)27-34(36)20-19-32-15-11-14-31(23-32)18-17-30-12-8-7-9-13-30/h7-9,11-15,21-23,25-27,29,41,43,46H,3-6,10,16-20,24,28,42H2,1-2H3. The molecule has 0 bridgehead atoms. The van der Waals surface area contributed by atoms with Crippen molar-refractivity contribution in [1.82, 2.24) is 5.32 Å². The number of rotatable bonds is 19. The Morgan fingerprint density at radius 2 is 1.57 bits per heavy atom. The number of Topliss-reactive ketones (excluding diaryl/α,β-unsaturated/α-hetero) is 1. The van der Waals surface area contributed by atoms with Gasteiger partial charge in [0.15, 0.2) is 17.3 Å². The molecule has 0 saturated heterocycles. The van der Waals surface area contributed by atoms with Crippen LogP contribution in [0.15, 0.2) is 96.2 Å². The average Bonchev–Trinajstić information content (AvgIpc) is 3.07. The predicted octanol–water partition coefficient (Wildman–Crippen LogP) is 7.96. The lowest BCUT2D eigenvalue weighted by molar-refractivity contribution is -0.124. The molecule has 1 heterocycles. The number of aromatic hydroxyl groups is 1. The van der Waals surface area contributed by atoms with Crippen LogP contribution in [0.3, 0.4) is 0 Å². The van der Waals surface area contributed by atoms with Crippen LogP contribution in [0.2, 0.25) is 0 Å². The number of unbranched alkanes of at least 4 members (excludes halogenated alkanes) is 4. The van der Waals surface area contributed by atoms with E-state index in [4.69, 9.17) is 10.5 Å². The fourth-order valence-electron chi connectivity index (χ4n) is 5.98. The molecule has 1 aliphatic heterocycles. The highest BCUT2D eigenvalue weighted by atomic mass is 16.5. The Morgan fingerprint density at radius 1 is 0.872 bits per heavy atom. The molecular weight excluding hydrogens is 584 g/mol. The van der Waals surface area contributed by atoms with Crippen molar-refractivity contribution in [3.8, 4) is 11.5 Å². The number of carbonyl (C=O) groups excluding carboxylic acids is 2. The van der Waals surface area contributed by atoms with Gasteiger partial charge in [-0.05, 0) is 102 Å². The first-order valence-electron chi connectivity index (χ1n) is 17.0. The van der Waals surface area contributed by atoms with Gasteiger partial charge in [-0.3, -0.25) is 9.59 Å². The van der Waals surface area contributed by atoms with Gasteiger partial charge in [-0.15, -0.1) is 0 Å². The van der Waals surface area contributed by atoms with Gasteiger partial charge in [0.2, 0.25) is 0 Å². The Hall–Kier alpha value is -4.42. The Morgan fingerprint density at radius 3 is 2.32 bits per heavy atom. The molecule has 6 nitrogen and oxygen atoms in total. The van der Waals surface area contributed by atoms with E-state index in [2.05, 4.69) is 66.8 Å². The molecular formula is C41H50N2O4. The minimum absolute atomic E-state index is 0.0223. The van der Waals surface area contributed by atoms with Crippen LogP contribution in [0.25, 0.3) is 6.08 Å². The Labute approximate surface area is 280 Å². The summed E-state index contributed by atoms with van der Waals surface area (Å²) in [6.07, 6.45) is 16.8. The Bertz CT molecular complexity index is 1570. The molecule has 1 atom stereocenters. The van der Waals surface area contributed by atoms with Crippen LogP contribution in [0, 0.1) is 0 Å². The van der Waals surface area contributed by atoms with Crippen LogP contribution in [-0.4, -0.2) is 29.9 Å². The summed E-state index contributed by atoms with van der Waals surface area (Å²) < 4.78 is 5.37. The van der Waals surface area contributed by atoms with E-state index < -0.39 is 0 Å². The molecule has 4 rings (SSSR count). The molecule has 1 aliphatic rings. The molecule has 4 N–H and O–H groups in total. The van der Waals surface area contributed by atoms with Crippen LogP contribution in [0.5, 0.6) is 11.5 Å². The van der Waals surface area contributed by atoms with Crippen LogP contribution in [0.1, 0.15) is 86.1 Å².